The summed E-state index contributed by atoms with van der Waals surface area (Å²) in [5.41, 5.74) is 0.532. The van der Waals surface area contributed by atoms with E-state index >= 15 is 0 Å². The van der Waals surface area contributed by atoms with Gasteiger partial charge in [0.1, 0.15) is 5.82 Å². The SMILES string of the molecule is COCC1(C(=O)N2CCN(Cc3ccc(F)cc3Cl)CC2)CCNCC1.Cl.Cl. The molecule has 5 nitrogen and oxygen atoms in total. The number of ether oxygens (including phenoxy) is 1. The molecule has 9 heteroatoms. The number of hydrogen-bond donors (Lipinski definition) is 1. The minimum atomic E-state index is -0.386. The largest absolute Gasteiger partial charge is 0.384 e. The van der Waals surface area contributed by atoms with Crippen molar-refractivity contribution < 1.29 is 13.9 Å². The van der Waals surface area contributed by atoms with Gasteiger partial charge in [-0.1, -0.05) is 17.7 Å². The van der Waals surface area contributed by atoms with Crippen molar-refractivity contribution in [1.82, 2.24) is 15.1 Å². The Labute approximate surface area is 183 Å². The second kappa shape index (κ2) is 11.5. The van der Waals surface area contributed by atoms with Crippen LogP contribution in [0.3, 0.4) is 0 Å². The Morgan fingerprint density at radius 1 is 1.21 bits per heavy atom. The van der Waals surface area contributed by atoms with Crippen LogP contribution in [0.1, 0.15) is 18.4 Å². The second-order valence-electron chi connectivity index (χ2n) is 7.27. The Hall–Kier alpha value is -0.630. The maximum atomic E-state index is 13.2. The summed E-state index contributed by atoms with van der Waals surface area (Å²) in [6.45, 7) is 5.87. The van der Waals surface area contributed by atoms with Gasteiger partial charge in [0.25, 0.3) is 0 Å². The Morgan fingerprint density at radius 3 is 2.43 bits per heavy atom. The zero-order chi connectivity index (χ0) is 18.6. The summed E-state index contributed by atoms with van der Waals surface area (Å²) in [5, 5.41) is 3.78. The molecule has 28 heavy (non-hydrogen) atoms. The molecular formula is C19H29Cl3FN3O2. The van der Waals surface area contributed by atoms with Crippen LogP contribution >= 0.6 is 36.4 Å². The highest BCUT2D eigenvalue weighted by Crippen LogP contribution is 2.32. The summed E-state index contributed by atoms with van der Waals surface area (Å²) < 4.78 is 18.6. The van der Waals surface area contributed by atoms with Crippen molar-refractivity contribution in [3.05, 3.63) is 34.6 Å². The lowest BCUT2D eigenvalue weighted by Crippen LogP contribution is -2.56. The van der Waals surface area contributed by atoms with Gasteiger partial charge in [0, 0.05) is 44.9 Å². The van der Waals surface area contributed by atoms with Gasteiger partial charge < -0.3 is 15.0 Å². The normalized spacial score (nSPS) is 19.5. The average Bonchev–Trinajstić information content (AvgIpc) is 2.65. The molecule has 1 aromatic rings. The molecule has 0 aromatic heterocycles. The van der Waals surface area contributed by atoms with Crippen LogP contribution in [0.5, 0.6) is 0 Å². The Morgan fingerprint density at radius 2 is 1.86 bits per heavy atom. The van der Waals surface area contributed by atoms with E-state index < -0.39 is 0 Å². The zero-order valence-corrected chi connectivity index (χ0v) is 18.5. The Bertz CT molecular complexity index is 631. The first-order chi connectivity index (χ1) is 12.5. The van der Waals surface area contributed by atoms with Crippen molar-refractivity contribution in [2.45, 2.75) is 19.4 Å². The summed E-state index contributed by atoms with van der Waals surface area (Å²) >= 11 is 6.13. The molecule has 2 saturated heterocycles. The lowest BCUT2D eigenvalue weighted by Gasteiger charge is -2.42. The van der Waals surface area contributed by atoms with E-state index in [2.05, 4.69) is 10.2 Å². The van der Waals surface area contributed by atoms with Crippen LogP contribution in [-0.4, -0.2) is 68.7 Å². The molecule has 1 N–H and O–H groups in total. The molecule has 3 rings (SSSR count). The first-order valence-corrected chi connectivity index (χ1v) is 9.57. The van der Waals surface area contributed by atoms with Gasteiger partial charge in [-0.2, -0.15) is 0 Å². The Balaban J connectivity index is 0.00000196. The molecular weight excluding hydrogens is 428 g/mol. The molecule has 160 valence electrons. The molecule has 2 aliphatic rings. The number of amides is 1. The van der Waals surface area contributed by atoms with Crippen molar-refractivity contribution in [2.75, 3.05) is 53.0 Å². The first kappa shape index (κ1) is 25.4. The highest BCUT2D eigenvalue weighted by Gasteiger charge is 2.42. The van der Waals surface area contributed by atoms with Gasteiger partial charge in [-0.15, -0.1) is 24.8 Å². The number of nitrogens with zero attached hydrogens (tertiary/aromatic N) is 2. The van der Waals surface area contributed by atoms with E-state index in [9.17, 15) is 9.18 Å². The number of hydrogen-bond acceptors (Lipinski definition) is 4. The van der Waals surface area contributed by atoms with Crippen LogP contribution in [0, 0.1) is 11.2 Å². The lowest BCUT2D eigenvalue weighted by molar-refractivity contribution is -0.149. The van der Waals surface area contributed by atoms with Gasteiger partial charge in [0.2, 0.25) is 5.91 Å². The van der Waals surface area contributed by atoms with Crippen LogP contribution in [-0.2, 0) is 16.1 Å². The maximum Gasteiger partial charge on any atom is 0.231 e. The minimum Gasteiger partial charge on any atom is -0.384 e. The van der Waals surface area contributed by atoms with Crippen molar-refractivity contribution in [3.63, 3.8) is 0 Å². The summed E-state index contributed by atoms with van der Waals surface area (Å²) in [6.07, 6.45) is 1.65. The quantitative estimate of drug-likeness (QED) is 0.740. The molecule has 0 aliphatic carbocycles. The summed E-state index contributed by atoms with van der Waals surface area (Å²) in [7, 11) is 1.67. The lowest BCUT2D eigenvalue weighted by atomic mass is 9.78. The van der Waals surface area contributed by atoms with E-state index in [0.29, 0.717) is 31.3 Å². The summed E-state index contributed by atoms with van der Waals surface area (Å²) in [4.78, 5) is 17.4. The van der Waals surface area contributed by atoms with Gasteiger partial charge in [0.15, 0.2) is 0 Å². The second-order valence-corrected chi connectivity index (χ2v) is 7.67. The predicted octanol–water partition coefficient (Wildman–Crippen LogP) is 2.98. The fraction of sp³-hybridized carbons (Fsp3) is 0.632. The fourth-order valence-electron chi connectivity index (χ4n) is 3.94. The third-order valence-electron chi connectivity index (χ3n) is 5.50. The monoisotopic (exact) mass is 455 g/mol. The Kier molecular flexibility index (Phi) is 10.5. The van der Waals surface area contributed by atoms with Crippen molar-refractivity contribution >= 4 is 42.3 Å². The number of halogens is 4. The highest BCUT2D eigenvalue weighted by molar-refractivity contribution is 6.31. The summed E-state index contributed by atoms with van der Waals surface area (Å²) in [6, 6.07) is 4.52. The molecule has 0 spiro atoms. The highest BCUT2D eigenvalue weighted by atomic mass is 35.5. The molecule has 2 fully saturated rings. The topological polar surface area (TPSA) is 44.8 Å². The number of nitrogens with one attached hydrogen (secondary N) is 1. The van der Waals surface area contributed by atoms with Crippen LogP contribution in [0.25, 0.3) is 0 Å². The average molecular weight is 457 g/mol. The number of piperazine rings is 1. The van der Waals surface area contributed by atoms with E-state index in [1.807, 2.05) is 4.90 Å². The zero-order valence-electron chi connectivity index (χ0n) is 16.1. The van der Waals surface area contributed by atoms with Gasteiger partial charge >= 0.3 is 0 Å². The van der Waals surface area contributed by atoms with Gasteiger partial charge in [0.05, 0.1) is 12.0 Å². The maximum absolute atomic E-state index is 13.2. The van der Waals surface area contributed by atoms with E-state index in [1.165, 1.54) is 12.1 Å². The predicted molar refractivity (Wildman–Crippen MR) is 114 cm³/mol. The third kappa shape index (κ3) is 5.94. The molecule has 0 radical (unpaired) electrons. The van der Waals surface area contributed by atoms with Crippen LogP contribution in [0.2, 0.25) is 5.02 Å². The van der Waals surface area contributed by atoms with Gasteiger partial charge in [-0.25, -0.2) is 4.39 Å². The van der Waals surface area contributed by atoms with Crippen molar-refractivity contribution in [2.24, 2.45) is 5.41 Å². The van der Waals surface area contributed by atoms with Crippen molar-refractivity contribution in [3.8, 4) is 0 Å². The number of piperidine rings is 1. The molecule has 1 amide bonds. The number of carbonyl (C=O) groups is 1. The fourth-order valence-corrected chi connectivity index (χ4v) is 4.16. The van der Waals surface area contributed by atoms with Crippen LogP contribution < -0.4 is 5.32 Å². The number of carbonyl (C=O) groups excluding carboxylic acids is 1. The molecule has 0 atom stereocenters. The van der Waals surface area contributed by atoms with Crippen LogP contribution in [0.4, 0.5) is 4.39 Å². The standard InChI is InChI=1S/C19H27ClFN3O2.2ClH/c1-26-14-19(4-6-22-7-5-19)18(25)24-10-8-23(9-11-24)13-15-2-3-16(21)12-17(15)20;;/h2-3,12,22H,4-11,13-14H2,1H3;2*1H. The molecule has 0 saturated carbocycles. The van der Waals surface area contributed by atoms with Gasteiger partial charge in [-0.3, -0.25) is 9.69 Å². The smallest absolute Gasteiger partial charge is 0.231 e. The first-order valence-electron chi connectivity index (χ1n) is 9.19. The summed E-state index contributed by atoms with van der Waals surface area (Å²) in [5.74, 6) is -0.0973. The molecule has 1 aromatic carbocycles. The van der Waals surface area contributed by atoms with E-state index in [0.717, 1.165) is 44.6 Å². The van der Waals surface area contributed by atoms with Crippen LogP contribution in [0.15, 0.2) is 18.2 Å². The van der Waals surface area contributed by atoms with E-state index in [4.69, 9.17) is 16.3 Å². The molecule has 2 heterocycles. The van der Waals surface area contributed by atoms with E-state index in [1.54, 1.807) is 13.2 Å². The van der Waals surface area contributed by atoms with E-state index in [-0.39, 0.29) is 42.0 Å². The number of methoxy groups -OCH3 is 1. The molecule has 2 aliphatic heterocycles. The minimum absolute atomic E-state index is 0. The molecule has 0 bridgehead atoms. The van der Waals surface area contributed by atoms with Gasteiger partial charge in [-0.05, 0) is 43.6 Å². The number of benzene rings is 1. The third-order valence-corrected chi connectivity index (χ3v) is 5.86. The number of rotatable bonds is 5. The molecule has 0 unspecified atom stereocenters. The van der Waals surface area contributed by atoms with Crippen molar-refractivity contribution in [1.29, 1.82) is 0 Å².